The predicted molar refractivity (Wildman–Crippen MR) is 179 cm³/mol. The predicted octanol–water partition coefficient (Wildman–Crippen LogP) is 10.7. The minimum atomic E-state index is 0.165. The van der Waals surface area contributed by atoms with Crippen molar-refractivity contribution in [3.63, 3.8) is 0 Å². The van der Waals surface area contributed by atoms with Crippen molar-refractivity contribution in [1.29, 1.82) is 0 Å². The molecule has 1 heterocycles. The van der Waals surface area contributed by atoms with Gasteiger partial charge in [-0.1, -0.05) is 133 Å². The second kappa shape index (κ2) is 10.5. The van der Waals surface area contributed by atoms with Crippen LogP contribution in [0, 0.1) is 0 Å². The average molecular weight is 570 g/mol. The Morgan fingerprint density at radius 1 is 0.349 bits per heavy atom. The van der Waals surface area contributed by atoms with E-state index in [1.807, 2.05) is 12.1 Å². The fourth-order valence-corrected chi connectivity index (χ4v) is 6.23. The summed E-state index contributed by atoms with van der Waals surface area (Å²) in [7, 11) is 0. The first kappa shape index (κ1) is 25.3. The van der Waals surface area contributed by atoms with Crippen molar-refractivity contribution in [2.45, 2.75) is 0 Å². The van der Waals surface area contributed by atoms with Crippen molar-refractivity contribution in [3.05, 3.63) is 151 Å². The lowest BCUT2D eigenvalue weighted by Crippen LogP contribution is -1.98. The molecule has 0 amide bonds. The normalized spacial score (nSPS) is 11.4. The second-order valence-corrected chi connectivity index (χ2v) is 10.9. The first-order valence-electron chi connectivity index (χ1n) is 14.2. The highest BCUT2D eigenvalue weighted by molar-refractivity contribution is 6.28. The number of hydrogen-bond acceptors (Lipinski definition) is 3. The van der Waals surface area contributed by atoms with Gasteiger partial charge in [0.15, 0.2) is 11.6 Å². The summed E-state index contributed by atoms with van der Waals surface area (Å²) in [6, 6.07) is 50.7. The van der Waals surface area contributed by atoms with Gasteiger partial charge in [0.1, 0.15) is 0 Å². The Morgan fingerprint density at radius 2 is 0.930 bits per heavy atom. The highest BCUT2D eigenvalue weighted by Crippen LogP contribution is 2.37. The van der Waals surface area contributed by atoms with E-state index in [0.29, 0.717) is 11.6 Å². The van der Waals surface area contributed by atoms with E-state index in [0.717, 1.165) is 43.8 Å². The van der Waals surface area contributed by atoms with Crippen LogP contribution in [0.4, 0.5) is 0 Å². The standard InChI is InChI=1S/C39H24ClN3/c40-39-42-37(41-38(43-39)35-23-22-30(25-10-2-1-3-11-25)31-16-6-7-17-33(31)35)28-21-20-27-14-9-19-34(36(27)24-28)32-18-8-13-26-12-4-5-15-29(26)32/h1-24H. The highest BCUT2D eigenvalue weighted by atomic mass is 35.5. The molecule has 0 aliphatic heterocycles. The molecule has 0 saturated heterocycles. The van der Waals surface area contributed by atoms with E-state index in [-0.39, 0.29) is 5.28 Å². The van der Waals surface area contributed by atoms with Crippen LogP contribution in [-0.2, 0) is 0 Å². The minimum Gasteiger partial charge on any atom is -0.208 e. The topological polar surface area (TPSA) is 38.7 Å². The summed E-state index contributed by atoms with van der Waals surface area (Å²) in [5.74, 6) is 1.09. The third kappa shape index (κ3) is 4.51. The summed E-state index contributed by atoms with van der Waals surface area (Å²) in [5, 5.41) is 7.08. The maximum atomic E-state index is 6.58. The second-order valence-electron chi connectivity index (χ2n) is 10.6. The number of hydrogen-bond donors (Lipinski definition) is 0. The zero-order valence-electron chi connectivity index (χ0n) is 23.1. The first-order valence-corrected chi connectivity index (χ1v) is 14.6. The molecule has 0 bridgehead atoms. The molecular formula is C39H24ClN3. The third-order valence-electron chi connectivity index (χ3n) is 8.08. The zero-order chi connectivity index (χ0) is 28.8. The Morgan fingerprint density at radius 3 is 1.72 bits per heavy atom. The van der Waals surface area contributed by atoms with Gasteiger partial charge in [0, 0.05) is 11.1 Å². The molecule has 0 unspecified atom stereocenters. The van der Waals surface area contributed by atoms with E-state index >= 15 is 0 Å². The smallest absolute Gasteiger partial charge is 0.208 e. The zero-order valence-corrected chi connectivity index (χ0v) is 23.8. The molecule has 0 N–H and O–H groups in total. The van der Waals surface area contributed by atoms with Gasteiger partial charge in [0.05, 0.1) is 0 Å². The van der Waals surface area contributed by atoms with Crippen molar-refractivity contribution in [3.8, 4) is 45.0 Å². The highest BCUT2D eigenvalue weighted by Gasteiger charge is 2.16. The van der Waals surface area contributed by atoms with Crippen molar-refractivity contribution in [2.75, 3.05) is 0 Å². The fourth-order valence-electron chi connectivity index (χ4n) is 6.07. The summed E-state index contributed by atoms with van der Waals surface area (Å²) in [6.07, 6.45) is 0. The Labute approximate surface area is 254 Å². The Hall–Kier alpha value is -5.38. The largest absolute Gasteiger partial charge is 0.226 e. The molecule has 0 aliphatic carbocycles. The van der Waals surface area contributed by atoms with Gasteiger partial charge < -0.3 is 0 Å². The van der Waals surface area contributed by atoms with Gasteiger partial charge in [0.25, 0.3) is 0 Å². The molecule has 43 heavy (non-hydrogen) atoms. The summed E-state index contributed by atoms with van der Waals surface area (Å²) in [4.78, 5) is 14.1. The van der Waals surface area contributed by atoms with Crippen LogP contribution in [0.3, 0.4) is 0 Å². The minimum absolute atomic E-state index is 0.165. The molecule has 8 rings (SSSR count). The molecule has 0 radical (unpaired) electrons. The van der Waals surface area contributed by atoms with Gasteiger partial charge in [-0.15, -0.1) is 0 Å². The van der Waals surface area contributed by atoms with Gasteiger partial charge in [0.2, 0.25) is 5.28 Å². The van der Waals surface area contributed by atoms with E-state index in [9.17, 15) is 0 Å². The van der Waals surface area contributed by atoms with Crippen LogP contribution in [0.2, 0.25) is 5.28 Å². The Balaban J connectivity index is 1.29. The summed E-state index contributed by atoms with van der Waals surface area (Å²) < 4.78 is 0. The maximum Gasteiger partial charge on any atom is 0.226 e. The molecule has 3 nitrogen and oxygen atoms in total. The number of fused-ring (bicyclic) bond motifs is 3. The van der Waals surface area contributed by atoms with Crippen LogP contribution in [0.5, 0.6) is 0 Å². The maximum absolute atomic E-state index is 6.58. The quantitative estimate of drug-likeness (QED) is 0.211. The van der Waals surface area contributed by atoms with Crippen LogP contribution in [0.1, 0.15) is 0 Å². The molecule has 202 valence electrons. The van der Waals surface area contributed by atoms with Crippen LogP contribution in [0.25, 0.3) is 77.3 Å². The average Bonchev–Trinajstić information content (AvgIpc) is 3.07. The van der Waals surface area contributed by atoms with Crippen LogP contribution in [-0.4, -0.2) is 15.0 Å². The number of nitrogens with zero attached hydrogens (tertiary/aromatic N) is 3. The van der Waals surface area contributed by atoms with Gasteiger partial charge in [-0.05, 0) is 78.3 Å². The van der Waals surface area contributed by atoms with Crippen molar-refractivity contribution in [1.82, 2.24) is 15.0 Å². The van der Waals surface area contributed by atoms with E-state index in [2.05, 4.69) is 143 Å². The monoisotopic (exact) mass is 569 g/mol. The molecule has 0 atom stereocenters. The molecule has 0 saturated carbocycles. The third-order valence-corrected chi connectivity index (χ3v) is 8.25. The Kier molecular flexibility index (Phi) is 6.17. The lowest BCUT2D eigenvalue weighted by atomic mass is 9.93. The molecule has 4 heteroatoms. The van der Waals surface area contributed by atoms with Crippen LogP contribution < -0.4 is 0 Å². The number of benzene rings is 7. The molecule has 8 aromatic rings. The fraction of sp³-hybridized carbons (Fsp3) is 0. The first-order chi connectivity index (χ1) is 21.2. The van der Waals surface area contributed by atoms with E-state index in [1.54, 1.807) is 0 Å². The number of aromatic nitrogens is 3. The van der Waals surface area contributed by atoms with Gasteiger partial charge in [-0.3, -0.25) is 0 Å². The van der Waals surface area contributed by atoms with E-state index in [1.165, 1.54) is 21.9 Å². The molecule has 0 aliphatic rings. The van der Waals surface area contributed by atoms with Crippen LogP contribution >= 0.6 is 11.6 Å². The van der Waals surface area contributed by atoms with Crippen molar-refractivity contribution < 1.29 is 0 Å². The van der Waals surface area contributed by atoms with Crippen molar-refractivity contribution >= 4 is 43.9 Å². The Bertz CT molecular complexity index is 2310. The van der Waals surface area contributed by atoms with Crippen LogP contribution in [0.15, 0.2) is 146 Å². The molecule has 0 fully saturated rings. The lowest BCUT2D eigenvalue weighted by molar-refractivity contribution is 1.07. The van der Waals surface area contributed by atoms with Gasteiger partial charge >= 0.3 is 0 Å². The van der Waals surface area contributed by atoms with Gasteiger partial charge in [-0.2, -0.15) is 9.97 Å². The lowest BCUT2D eigenvalue weighted by Gasteiger charge is -2.13. The molecular weight excluding hydrogens is 546 g/mol. The van der Waals surface area contributed by atoms with Gasteiger partial charge in [-0.25, -0.2) is 4.98 Å². The SMILES string of the molecule is Clc1nc(-c2ccc3cccc(-c4cccc5ccccc45)c3c2)nc(-c2ccc(-c3ccccc3)c3ccccc23)n1. The summed E-state index contributed by atoms with van der Waals surface area (Å²) in [6.45, 7) is 0. The van der Waals surface area contributed by atoms with Crippen molar-refractivity contribution in [2.24, 2.45) is 0 Å². The summed E-state index contributed by atoms with van der Waals surface area (Å²) >= 11 is 6.58. The number of halogens is 1. The molecule has 1 aromatic heterocycles. The van der Waals surface area contributed by atoms with E-state index in [4.69, 9.17) is 16.6 Å². The van der Waals surface area contributed by atoms with E-state index < -0.39 is 0 Å². The molecule has 0 spiro atoms. The molecule has 7 aromatic carbocycles. The summed E-state index contributed by atoms with van der Waals surface area (Å²) in [5.41, 5.74) is 6.49. The number of rotatable bonds is 4.